The van der Waals surface area contributed by atoms with Gasteiger partial charge < -0.3 is 9.73 Å². The van der Waals surface area contributed by atoms with Crippen LogP contribution in [0.4, 0.5) is 0 Å². The van der Waals surface area contributed by atoms with Crippen molar-refractivity contribution in [2.75, 3.05) is 7.05 Å². The molecule has 2 heteroatoms. The Bertz CT molecular complexity index is 556. The normalized spacial score (nSPS) is 15.7. The molecule has 0 saturated carbocycles. The van der Waals surface area contributed by atoms with Crippen molar-refractivity contribution in [3.63, 3.8) is 0 Å². The van der Waals surface area contributed by atoms with Crippen LogP contribution in [0.1, 0.15) is 40.5 Å². The smallest absolute Gasteiger partial charge is 0.128 e. The van der Waals surface area contributed by atoms with E-state index in [-0.39, 0.29) is 6.04 Å². The molecule has 1 atom stereocenters. The van der Waals surface area contributed by atoms with Gasteiger partial charge in [-0.15, -0.1) is 0 Å². The average molecular weight is 241 g/mol. The van der Waals surface area contributed by atoms with Gasteiger partial charge in [-0.1, -0.05) is 18.2 Å². The van der Waals surface area contributed by atoms with E-state index in [2.05, 4.69) is 30.4 Å². The van der Waals surface area contributed by atoms with E-state index in [0.717, 1.165) is 5.76 Å². The number of aryl methyl sites for hydroxylation is 3. The molecule has 1 heterocycles. The van der Waals surface area contributed by atoms with Crippen LogP contribution in [0.25, 0.3) is 0 Å². The molecular formula is C16H19NO. The summed E-state index contributed by atoms with van der Waals surface area (Å²) in [5, 5.41) is 3.36. The molecule has 1 unspecified atom stereocenters. The Morgan fingerprint density at radius 2 is 2.00 bits per heavy atom. The standard InChI is InChI=1S/C16H19NO/c1-11-8-9-18-16(11)15(17-2)14-7-6-12-4-3-5-13(12)10-14/h6-10,15,17H,3-5H2,1-2H3. The summed E-state index contributed by atoms with van der Waals surface area (Å²) >= 11 is 0. The van der Waals surface area contributed by atoms with Crippen LogP contribution >= 0.6 is 0 Å². The van der Waals surface area contributed by atoms with Crippen LogP contribution in [0.15, 0.2) is 34.9 Å². The van der Waals surface area contributed by atoms with E-state index in [1.807, 2.05) is 13.1 Å². The van der Waals surface area contributed by atoms with Gasteiger partial charge in [0.2, 0.25) is 0 Å². The van der Waals surface area contributed by atoms with Crippen molar-refractivity contribution in [3.8, 4) is 0 Å². The Morgan fingerprint density at radius 1 is 1.17 bits per heavy atom. The van der Waals surface area contributed by atoms with E-state index < -0.39 is 0 Å². The predicted octanol–water partition coefficient (Wildman–Crippen LogP) is 3.39. The van der Waals surface area contributed by atoms with E-state index >= 15 is 0 Å². The highest BCUT2D eigenvalue weighted by Crippen LogP contribution is 2.29. The number of benzene rings is 1. The SMILES string of the molecule is CNC(c1ccc2c(c1)CCC2)c1occc1C. The number of hydrogen-bond donors (Lipinski definition) is 1. The van der Waals surface area contributed by atoms with Gasteiger partial charge in [-0.3, -0.25) is 0 Å². The van der Waals surface area contributed by atoms with Crippen LogP contribution in [0.2, 0.25) is 0 Å². The minimum Gasteiger partial charge on any atom is -0.467 e. The molecule has 1 aliphatic carbocycles. The van der Waals surface area contributed by atoms with Gasteiger partial charge in [0.15, 0.2) is 0 Å². The first-order valence-electron chi connectivity index (χ1n) is 6.62. The zero-order valence-electron chi connectivity index (χ0n) is 11.0. The Balaban J connectivity index is 2.00. The molecule has 0 amide bonds. The molecule has 3 rings (SSSR count). The summed E-state index contributed by atoms with van der Waals surface area (Å²) in [5.74, 6) is 1.02. The van der Waals surface area contributed by atoms with Gasteiger partial charge in [0, 0.05) is 0 Å². The highest BCUT2D eigenvalue weighted by atomic mass is 16.3. The third-order valence-electron chi connectivity index (χ3n) is 3.91. The molecule has 2 nitrogen and oxygen atoms in total. The number of fused-ring (bicyclic) bond motifs is 1. The van der Waals surface area contributed by atoms with Gasteiger partial charge in [-0.05, 0) is 61.6 Å². The Morgan fingerprint density at radius 3 is 2.72 bits per heavy atom. The molecule has 0 aliphatic heterocycles. The van der Waals surface area contributed by atoms with Crippen LogP contribution in [-0.4, -0.2) is 7.05 Å². The molecule has 0 fully saturated rings. The van der Waals surface area contributed by atoms with Crippen LogP contribution in [0, 0.1) is 6.92 Å². The fourth-order valence-electron chi connectivity index (χ4n) is 2.90. The Hall–Kier alpha value is -1.54. The highest BCUT2D eigenvalue weighted by Gasteiger charge is 2.19. The molecule has 0 spiro atoms. The fourth-order valence-corrected chi connectivity index (χ4v) is 2.90. The number of rotatable bonds is 3. The topological polar surface area (TPSA) is 25.2 Å². The Kier molecular flexibility index (Phi) is 2.96. The van der Waals surface area contributed by atoms with E-state index in [1.54, 1.807) is 6.26 Å². The number of nitrogens with one attached hydrogen (secondary N) is 1. The van der Waals surface area contributed by atoms with Gasteiger partial charge >= 0.3 is 0 Å². The largest absolute Gasteiger partial charge is 0.467 e. The van der Waals surface area contributed by atoms with Crippen LogP contribution < -0.4 is 5.32 Å². The van der Waals surface area contributed by atoms with Crippen molar-refractivity contribution in [3.05, 3.63) is 58.5 Å². The summed E-state index contributed by atoms with van der Waals surface area (Å²) in [6, 6.07) is 9.03. The summed E-state index contributed by atoms with van der Waals surface area (Å²) < 4.78 is 5.63. The minimum atomic E-state index is 0.158. The molecule has 0 bridgehead atoms. The third-order valence-corrected chi connectivity index (χ3v) is 3.91. The molecule has 18 heavy (non-hydrogen) atoms. The van der Waals surface area contributed by atoms with Gasteiger partial charge in [0.25, 0.3) is 0 Å². The van der Waals surface area contributed by atoms with E-state index in [0.29, 0.717) is 0 Å². The van der Waals surface area contributed by atoms with Crippen molar-refractivity contribution in [2.24, 2.45) is 0 Å². The van der Waals surface area contributed by atoms with Crippen molar-refractivity contribution in [1.82, 2.24) is 5.32 Å². The lowest BCUT2D eigenvalue weighted by atomic mass is 9.98. The lowest BCUT2D eigenvalue weighted by molar-refractivity contribution is 0.460. The second kappa shape index (κ2) is 4.62. The summed E-state index contributed by atoms with van der Waals surface area (Å²) in [5.41, 5.74) is 5.53. The zero-order chi connectivity index (χ0) is 12.5. The van der Waals surface area contributed by atoms with Gasteiger partial charge in [0.1, 0.15) is 5.76 Å². The van der Waals surface area contributed by atoms with Crippen LogP contribution in [0.3, 0.4) is 0 Å². The summed E-state index contributed by atoms with van der Waals surface area (Å²) in [6.07, 6.45) is 5.52. The quantitative estimate of drug-likeness (QED) is 0.891. The van der Waals surface area contributed by atoms with Crippen molar-refractivity contribution >= 4 is 0 Å². The first kappa shape index (κ1) is 11.5. The second-order valence-electron chi connectivity index (χ2n) is 5.07. The molecule has 1 aromatic heterocycles. The lowest BCUT2D eigenvalue weighted by Crippen LogP contribution is -2.18. The average Bonchev–Trinajstić information content (AvgIpc) is 2.99. The van der Waals surface area contributed by atoms with Crippen LogP contribution in [0.5, 0.6) is 0 Å². The van der Waals surface area contributed by atoms with Gasteiger partial charge in [-0.25, -0.2) is 0 Å². The Labute approximate surface area is 108 Å². The fraction of sp³-hybridized carbons (Fsp3) is 0.375. The maximum absolute atomic E-state index is 5.63. The van der Waals surface area contributed by atoms with E-state index in [9.17, 15) is 0 Å². The molecule has 0 saturated heterocycles. The lowest BCUT2D eigenvalue weighted by Gasteiger charge is -2.16. The van der Waals surface area contributed by atoms with Crippen molar-refractivity contribution in [1.29, 1.82) is 0 Å². The number of hydrogen-bond acceptors (Lipinski definition) is 2. The van der Waals surface area contributed by atoms with Gasteiger partial charge in [0.05, 0.1) is 12.3 Å². The maximum Gasteiger partial charge on any atom is 0.128 e. The van der Waals surface area contributed by atoms with E-state index in [4.69, 9.17) is 4.42 Å². The minimum absolute atomic E-state index is 0.158. The first-order chi connectivity index (χ1) is 8.79. The van der Waals surface area contributed by atoms with Crippen LogP contribution in [-0.2, 0) is 12.8 Å². The van der Waals surface area contributed by atoms with Crippen molar-refractivity contribution < 1.29 is 4.42 Å². The molecule has 1 aliphatic rings. The first-order valence-corrected chi connectivity index (χ1v) is 6.62. The monoisotopic (exact) mass is 241 g/mol. The molecule has 1 aromatic carbocycles. The molecule has 94 valence electrons. The summed E-state index contributed by atoms with van der Waals surface area (Å²) in [7, 11) is 1.99. The van der Waals surface area contributed by atoms with E-state index in [1.165, 1.54) is 41.5 Å². The third kappa shape index (κ3) is 1.87. The highest BCUT2D eigenvalue weighted by molar-refractivity contribution is 5.39. The molecule has 1 N–H and O–H groups in total. The molecule has 2 aromatic rings. The van der Waals surface area contributed by atoms with Crippen molar-refractivity contribution in [2.45, 2.75) is 32.2 Å². The second-order valence-corrected chi connectivity index (χ2v) is 5.07. The maximum atomic E-state index is 5.63. The zero-order valence-corrected chi connectivity index (χ0v) is 11.0. The van der Waals surface area contributed by atoms with Gasteiger partial charge in [-0.2, -0.15) is 0 Å². The number of furan rings is 1. The summed E-state index contributed by atoms with van der Waals surface area (Å²) in [6.45, 7) is 2.09. The summed E-state index contributed by atoms with van der Waals surface area (Å²) in [4.78, 5) is 0. The molecule has 0 radical (unpaired) electrons. The predicted molar refractivity (Wildman–Crippen MR) is 72.8 cm³/mol. The molecular weight excluding hydrogens is 222 g/mol.